The number of likely N-dealkylation sites (tertiary alicyclic amines) is 1. The zero-order chi connectivity index (χ0) is 12.4. The first-order valence-electron chi connectivity index (χ1n) is 6.40. The molecule has 2 aliphatic rings. The first-order chi connectivity index (χ1) is 8.13. The van der Waals surface area contributed by atoms with Gasteiger partial charge in [0.05, 0.1) is 5.92 Å². The lowest BCUT2D eigenvalue weighted by atomic mass is 9.89. The van der Waals surface area contributed by atoms with E-state index in [4.69, 9.17) is 5.73 Å². The number of carbonyl (C=O) groups is 2. The molecule has 0 saturated carbocycles. The minimum Gasteiger partial charge on any atom is -0.355 e. The van der Waals surface area contributed by atoms with Gasteiger partial charge in [0, 0.05) is 32.1 Å². The van der Waals surface area contributed by atoms with E-state index in [0.717, 1.165) is 19.4 Å². The average molecular weight is 276 g/mol. The second-order valence-corrected chi connectivity index (χ2v) is 5.16. The normalized spacial score (nSPS) is 31.8. The number of nitrogens with zero attached hydrogens (tertiary/aromatic N) is 1. The first-order valence-corrected chi connectivity index (χ1v) is 6.40. The number of amides is 2. The second-order valence-electron chi connectivity index (χ2n) is 5.16. The molecule has 2 amide bonds. The van der Waals surface area contributed by atoms with Gasteiger partial charge in [0.25, 0.3) is 0 Å². The van der Waals surface area contributed by atoms with Crippen molar-refractivity contribution < 1.29 is 9.59 Å². The Morgan fingerprint density at radius 1 is 1.56 bits per heavy atom. The third-order valence-corrected chi connectivity index (χ3v) is 3.97. The Morgan fingerprint density at radius 3 is 2.83 bits per heavy atom. The van der Waals surface area contributed by atoms with Gasteiger partial charge in [0.1, 0.15) is 0 Å². The Kier molecular flexibility index (Phi) is 5.41. The Hall–Kier alpha value is -0.810. The highest BCUT2D eigenvalue weighted by Gasteiger charge is 2.37. The fourth-order valence-electron chi connectivity index (χ4n) is 2.90. The Balaban J connectivity index is 0.00000162. The fourth-order valence-corrected chi connectivity index (χ4v) is 2.90. The smallest absolute Gasteiger partial charge is 0.228 e. The van der Waals surface area contributed by atoms with Crippen LogP contribution in [0.4, 0.5) is 0 Å². The van der Waals surface area contributed by atoms with Gasteiger partial charge >= 0.3 is 0 Å². The first kappa shape index (κ1) is 15.2. The maximum Gasteiger partial charge on any atom is 0.228 e. The molecule has 104 valence electrons. The van der Waals surface area contributed by atoms with Crippen molar-refractivity contribution in [1.82, 2.24) is 10.2 Å². The molecule has 0 aromatic carbocycles. The highest BCUT2D eigenvalue weighted by molar-refractivity contribution is 5.89. The lowest BCUT2D eigenvalue weighted by Gasteiger charge is -2.40. The molecule has 0 aromatic heterocycles. The minimum atomic E-state index is -0.179. The van der Waals surface area contributed by atoms with Crippen LogP contribution in [0.25, 0.3) is 0 Å². The summed E-state index contributed by atoms with van der Waals surface area (Å²) < 4.78 is 0. The Bertz CT molecular complexity index is 324. The maximum atomic E-state index is 12.3. The van der Waals surface area contributed by atoms with Crippen LogP contribution in [-0.2, 0) is 9.59 Å². The van der Waals surface area contributed by atoms with Crippen molar-refractivity contribution in [1.29, 1.82) is 0 Å². The lowest BCUT2D eigenvalue weighted by molar-refractivity contribution is -0.140. The van der Waals surface area contributed by atoms with Gasteiger partial charge < -0.3 is 16.0 Å². The van der Waals surface area contributed by atoms with E-state index in [-0.39, 0.29) is 36.2 Å². The largest absolute Gasteiger partial charge is 0.355 e. The number of piperidine rings is 1. The highest BCUT2D eigenvalue weighted by atomic mass is 35.5. The molecule has 2 heterocycles. The Labute approximate surface area is 114 Å². The number of nitrogens with one attached hydrogen (secondary N) is 1. The quantitative estimate of drug-likeness (QED) is 0.752. The third kappa shape index (κ3) is 2.95. The lowest BCUT2D eigenvalue weighted by Crippen LogP contribution is -2.53. The molecular weight excluding hydrogens is 254 g/mol. The molecule has 2 fully saturated rings. The fraction of sp³-hybridized carbons (Fsp3) is 0.833. The summed E-state index contributed by atoms with van der Waals surface area (Å²) in [5.41, 5.74) is 5.77. The number of nitrogens with two attached hydrogens (primary N) is 1. The van der Waals surface area contributed by atoms with Crippen LogP contribution in [0.1, 0.15) is 26.2 Å². The predicted octanol–water partition coefficient (Wildman–Crippen LogP) is 0.130. The molecule has 2 saturated heterocycles. The van der Waals surface area contributed by atoms with E-state index in [1.54, 1.807) is 0 Å². The van der Waals surface area contributed by atoms with E-state index >= 15 is 0 Å². The van der Waals surface area contributed by atoms with Crippen molar-refractivity contribution >= 4 is 24.2 Å². The second kappa shape index (κ2) is 6.38. The number of carbonyl (C=O) groups excluding carboxylic acids is 2. The molecule has 2 rings (SSSR count). The number of hydrogen-bond donors (Lipinski definition) is 2. The van der Waals surface area contributed by atoms with Crippen LogP contribution in [0, 0.1) is 11.8 Å². The number of rotatable bonds is 2. The number of halogens is 1. The Morgan fingerprint density at radius 2 is 2.28 bits per heavy atom. The van der Waals surface area contributed by atoms with E-state index in [9.17, 15) is 9.59 Å². The van der Waals surface area contributed by atoms with Gasteiger partial charge in [0.15, 0.2) is 0 Å². The van der Waals surface area contributed by atoms with Crippen molar-refractivity contribution in [2.45, 2.75) is 32.2 Å². The molecule has 5 nitrogen and oxygen atoms in total. The van der Waals surface area contributed by atoms with Gasteiger partial charge in [-0.1, -0.05) is 6.92 Å². The summed E-state index contributed by atoms with van der Waals surface area (Å²) in [6, 6.07) is 0.145. The van der Waals surface area contributed by atoms with Crippen molar-refractivity contribution in [3.63, 3.8) is 0 Å². The molecule has 3 atom stereocenters. The van der Waals surface area contributed by atoms with Gasteiger partial charge in [-0.05, 0) is 18.8 Å². The summed E-state index contributed by atoms with van der Waals surface area (Å²) in [5.74, 6) is 0.368. The molecule has 0 radical (unpaired) electrons. The molecular formula is C12H22ClN3O2. The van der Waals surface area contributed by atoms with E-state index in [0.29, 0.717) is 25.4 Å². The van der Waals surface area contributed by atoms with Crippen LogP contribution < -0.4 is 11.1 Å². The van der Waals surface area contributed by atoms with E-state index in [1.165, 1.54) is 0 Å². The third-order valence-electron chi connectivity index (χ3n) is 3.97. The molecule has 18 heavy (non-hydrogen) atoms. The van der Waals surface area contributed by atoms with Crippen molar-refractivity contribution in [3.05, 3.63) is 0 Å². The summed E-state index contributed by atoms with van der Waals surface area (Å²) in [6.07, 6.45) is 2.51. The maximum absolute atomic E-state index is 12.3. The van der Waals surface area contributed by atoms with Crippen molar-refractivity contribution in [2.24, 2.45) is 17.6 Å². The van der Waals surface area contributed by atoms with E-state index < -0.39 is 0 Å². The van der Waals surface area contributed by atoms with Gasteiger partial charge in [-0.3, -0.25) is 9.59 Å². The van der Waals surface area contributed by atoms with Crippen LogP contribution in [0.2, 0.25) is 0 Å². The molecule has 0 aromatic rings. The molecule has 0 spiro atoms. The summed E-state index contributed by atoms with van der Waals surface area (Å²) in [7, 11) is 0. The predicted molar refractivity (Wildman–Crippen MR) is 71.3 cm³/mol. The van der Waals surface area contributed by atoms with E-state index in [2.05, 4.69) is 12.2 Å². The van der Waals surface area contributed by atoms with Gasteiger partial charge in [-0.25, -0.2) is 0 Å². The zero-order valence-electron chi connectivity index (χ0n) is 10.7. The molecule has 0 aliphatic carbocycles. The SMILES string of the molecule is CC1CCCN(C(=O)C2CNC(=O)C2)C1CN.Cl. The number of hydrogen-bond acceptors (Lipinski definition) is 3. The standard InChI is InChI=1S/C12H21N3O2.ClH/c1-8-3-2-4-15(10(8)6-13)12(17)9-5-11(16)14-7-9;/h8-10H,2-7,13H2,1H3,(H,14,16);1H. The minimum absolute atomic E-state index is 0. The highest BCUT2D eigenvalue weighted by Crippen LogP contribution is 2.25. The topological polar surface area (TPSA) is 75.4 Å². The molecule has 3 N–H and O–H groups in total. The molecule has 3 unspecified atom stereocenters. The van der Waals surface area contributed by atoms with Crippen molar-refractivity contribution in [3.8, 4) is 0 Å². The van der Waals surface area contributed by atoms with Gasteiger partial charge in [-0.2, -0.15) is 0 Å². The molecule has 6 heteroatoms. The monoisotopic (exact) mass is 275 g/mol. The van der Waals surface area contributed by atoms with Crippen LogP contribution >= 0.6 is 12.4 Å². The molecule has 2 aliphatic heterocycles. The van der Waals surface area contributed by atoms with Crippen LogP contribution in [0.5, 0.6) is 0 Å². The van der Waals surface area contributed by atoms with Gasteiger partial charge in [0.2, 0.25) is 11.8 Å². The summed E-state index contributed by atoms with van der Waals surface area (Å²) >= 11 is 0. The van der Waals surface area contributed by atoms with Crippen LogP contribution in [-0.4, -0.2) is 42.4 Å². The summed E-state index contributed by atoms with van der Waals surface area (Å²) in [6.45, 7) is 3.94. The van der Waals surface area contributed by atoms with Crippen LogP contribution in [0.15, 0.2) is 0 Å². The molecule has 0 bridgehead atoms. The van der Waals surface area contributed by atoms with Crippen molar-refractivity contribution in [2.75, 3.05) is 19.6 Å². The van der Waals surface area contributed by atoms with Crippen LogP contribution in [0.3, 0.4) is 0 Å². The summed E-state index contributed by atoms with van der Waals surface area (Å²) in [4.78, 5) is 25.4. The summed E-state index contributed by atoms with van der Waals surface area (Å²) in [5, 5.41) is 2.72. The van der Waals surface area contributed by atoms with E-state index in [1.807, 2.05) is 4.90 Å². The zero-order valence-corrected chi connectivity index (χ0v) is 11.5. The van der Waals surface area contributed by atoms with Gasteiger partial charge in [-0.15, -0.1) is 12.4 Å². The average Bonchev–Trinajstić information content (AvgIpc) is 2.74.